The first-order valence-corrected chi connectivity index (χ1v) is 22.7. The molecule has 0 unspecified atom stereocenters. The third-order valence-electron chi connectivity index (χ3n) is 15.4. The van der Waals surface area contributed by atoms with Gasteiger partial charge in [-0.15, -0.1) is 0 Å². The maximum Gasteiger partial charge on any atom is 0.0102 e. The van der Waals surface area contributed by atoms with Gasteiger partial charge in [-0.3, -0.25) is 9.80 Å². The highest BCUT2D eigenvalue weighted by Crippen LogP contribution is 2.42. The number of hydrogen-bond acceptors (Lipinski definition) is 2. The predicted octanol–water partition coefficient (Wildman–Crippen LogP) is 13.0. The summed E-state index contributed by atoms with van der Waals surface area (Å²) in [7, 11) is 0. The van der Waals surface area contributed by atoms with Crippen molar-refractivity contribution in [2.45, 2.75) is 242 Å². The highest BCUT2D eigenvalue weighted by molar-refractivity contribution is 5.01. The topological polar surface area (TPSA) is 6.48 Å². The quantitative estimate of drug-likeness (QED) is 0.216. The van der Waals surface area contributed by atoms with Gasteiger partial charge in [0.15, 0.2) is 0 Å². The summed E-state index contributed by atoms with van der Waals surface area (Å²) in [6.07, 6.45) is 58.0. The lowest BCUT2D eigenvalue weighted by Gasteiger charge is -2.52. The number of allylic oxidation sites excluding steroid dienone is 4. The van der Waals surface area contributed by atoms with Crippen molar-refractivity contribution >= 4 is 0 Å². The minimum Gasteiger partial charge on any atom is -0.294 e. The SMILES string of the molecule is C(=CC1CCC(N(C2CCCCC2)C2CCC(N(C3CCCCC3)C3CCC(C=CC4CCCCC4)CC3)CC2)CC1)C1CCCCC1. The second-order valence-corrected chi connectivity index (χ2v) is 18.6. The van der Waals surface area contributed by atoms with Crippen LogP contribution in [0.3, 0.4) is 0 Å². The Hall–Kier alpha value is -0.600. The Balaban J connectivity index is 0.950. The van der Waals surface area contributed by atoms with Gasteiger partial charge in [0.2, 0.25) is 0 Å². The minimum absolute atomic E-state index is 0.869. The lowest BCUT2D eigenvalue weighted by molar-refractivity contribution is -0.0207. The van der Waals surface area contributed by atoms with E-state index in [2.05, 4.69) is 34.1 Å². The van der Waals surface area contributed by atoms with Crippen molar-refractivity contribution in [1.82, 2.24) is 9.80 Å². The Morgan fingerprint density at radius 2 is 0.417 bits per heavy atom. The predicted molar refractivity (Wildman–Crippen MR) is 206 cm³/mol. The number of nitrogens with zero attached hydrogens (tertiary/aromatic N) is 2. The van der Waals surface area contributed by atoms with Crippen LogP contribution in [0.25, 0.3) is 0 Å². The molecule has 2 heteroatoms. The van der Waals surface area contributed by atoms with Crippen molar-refractivity contribution in [3.8, 4) is 0 Å². The molecule has 7 saturated carbocycles. The van der Waals surface area contributed by atoms with Crippen LogP contribution in [0.2, 0.25) is 0 Å². The van der Waals surface area contributed by atoms with E-state index in [1.54, 1.807) is 0 Å². The van der Waals surface area contributed by atoms with E-state index in [0.717, 1.165) is 59.9 Å². The van der Waals surface area contributed by atoms with Gasteiger partial charge >= 0.3 is 0 Å². The highest BCUT2D eigenvalue weighted by atomic mass is 15.2. The second kappa shape index (κ2) is 18.8. The Kier molecular flexibility index (Phi) is 14.0. The van der Waals surface area contributed by atoms with Gasteiger partial charge in [-0.2, -0.15) is 0 Å². The molecule has 0 N–H and O–H groups in total. The molecule has 7 rings (SSSR count). The maximum atomic E-state index is 3.24. The summed E-state index contributed by atoms with van der Waals surface area (Å²) in [5.74, 6) is 3.54. The van der Waals surface area contributed by atoms with Gasteiger partial charge in [0, 0.05) is 36.3 Å². The van der Waals surface area contributed by atoms with Gasteiger partial charge in [0.25, 0.3) is 0 Å². The molecule has 48 heavy (non-hydrogen) atoms. The Morgan fingerprint density at radius 3 is 0.708 bits per heavy atom. The molecule has 0 amide bonds. The van der Waals surface area contributed by atoms with Crippen LogP contribution in [-0.4, -0.2) is 46.1 Å². The molecule has 0 radical (unpaired) electrons. The molecule has 0 saturated heterocycles. The normalized spacial score (nSPS) is 36.5. The van der Waals surface area contributed by atoms with E-state index in [1.807, 2.05) is 0 Å². The molecule has 7 aliphatic carbocycles. The van der Waals surface area contributed by atoms with E-state index in [4.69, 9.17) is 0 Å². The average Bonchev–Trinajstić information content (AvgIpc) is 3.17. The molecule has 272 valence electrons. The number of rotatable bonds is 10. The van der Waals surface area contributed by atoms with Crippen molar-refractivity contribution in [2.75, 3.05) is 0 Å². The fourth-order valence-corrected chi connectivity index (χ4v) is 12.7. The molecule has 0 bridgehead atoms. The largest absolute Gasteiger partial charge is 0.294 e. The summed E-state index contributed by atoms with van der Waals surface area (Å²) in [4.78, 5) is 6.48. The summed E-state index contributed by atoms with van der Waals surface area (Å²) >= 11 is 0. The summed E-state index contributed by atoms with van der Waals surface area (Å²) < 4.78 is 0. The van der Waals surface area contributed by atoms with E-state index in [9.17, 15) is 0 Å². The van der Waals surface area contributed by atoms with Crippen LogP contribution in [0.5, 0.6) is 0 Å². The van der Waals surface area contributed by atoms with E-state index < -0.39 is 0 Å². The zero-order valence-corrected chi connectivity index (χ0v) is 31.6. The summed E-state index contributed by atoms with van der Waals surface area (Å²) in [6, 6.07) is 5.29. The molecule has 0 aromatic heterocycles. The summed E-state index contributed by atoms with van der Waals surface area (Å²) in [5.41, 5.74) is 0. The molecule has 0 heterocycles. The van der Waals surface area contributed by atoms with E-state index in [1.165, 1.54) is 205 Å². The molecule has 0 aliphatic heterocycles. The van der Waals surface area contributed by atoms with Crippen LogP contribution < -0.4 is 0 Å². The lowest BCUT2D eigenvalue weighted by atomic mass is 9.78. The second-order valence-electron chi connectivity index (χ2n) is 18.6. The first-order chi connectivity index (χ1) is 23.8. The van der Waals surface area contributed by atoms with Crippen molar-refractivity contribution in [2.24, 2.45) is 23.7 Å². The molecule has 0 spiro atoms. The van der Waals surface area contributed by atoms with Gasteiger partial charge in [-0.1, -0.05) is 101 Å². The highest BCUT2D eigenvalue weighted by Gasteiger charge is 2.41. The molecule has 7 fully saturated rings. The van der Waals surface area contributed by atoms with Crippen molar-refractivity contribution in [1.29, 1.82) is 0 Å². The summed E-state index contributed by atoms with van der Waals surface area (Å²) in [6.45, 7) is 0. The Labute approximate surface area is 298 Å². The standard InChI is InChI=1S/C46H78N2/c1-5-13-37(14-6-1)21-23-39-25-29-43(30-26-39)47(41-17-9-3-10-18-41)45-33-35-46(36-34-45)48(42-19-11-4-12-20-42)44-31-27-40(28-32-44)24-22-38-15-7-2-8-16-38/h21-24,37-46H,1-20,25-36H2. The van der Waals surface area contributed by atoms with Crippen LogP contribution in [-0.2, 0) is 0 Å². The van der Waals surface area contributed by atoms with Crippen molar-refractivity contribution < 1.29 is 0 Å². The third-order valence-corrected chi connectivity index (χ3v) is 15.4. The van der Waals surface area contributed by atoms with Gasteiger partial charge in [-0.25, -0.2) is 0 Å². The van der Waals surface area contributed by atoms with Gasteiger partial charge in [0.1, 0.15) is 0 Å². The molecule has 2 nitrogen and oxygen atoms in total. The molecular weight excluding hydrogens is 581 g/mol. The number of hydrogen-bond donors (Lipinski definition) is 0. The van der Waals surface area contributed by atoms with Crippen LogP contribution in [0.1, 0.15) is 205 Å². The molecule has 0 aromatic rings. The minimum atomic E-state index is 0.869. The van der Waals surface area contributed by atoms with Crippen LogP contribution in [0, 0.1) is 23.7 Å². The molecule has 7 aliphatic rings. The van der Waals surface area contributed by atoms with Gasteiger partial charge in [0.05, 0.1) is 0 Å². The molecule has 0 atom stereocenters. The molecular formula is C46H78N2. The average molecular weight is 659 g/mol. The summed E-state index contributed by atoms with van der Waals surface area (Å²) in [5, 5.41) is 0. The zero-order chi connectivity index (χ0) is 32.4. The Morgan fingerprint density at radius 1 is 0.208 bits per heavy atom. The van der Waals surface area contributed by atoms with Crippen molar-refractivity contribution in [3.05, 3.63) is 24.3 Å². The fraction of sp³-hybridized carbons (Fsp3) is 0.913. The zero-order valence-electron chi connectivity index (χ0n) is 31.6. The maximum absolute atomic E-state index is 3.24. The monoisotopic (exact) mass is 659 g/mol. The fourth-order valence-electron chi connectivity index (χ4n) is 12.7. The van der Waals surface area contributed by atoms with Gasteiger partial charge < -0.3 is 0 Å². The first-order valence-electron chi connectivity index (χ1n) is 22.7. The third kappa shape index (κ3) is 9.83. The lowest BCUT2D eigenvalue weighted by Crippen LogP contribution is -2.56. The Bertz CT molecular complexity index is 859. The van der Waals surface area contributed by atoms with E-state index in [-0.39, 0.29) is 0 Å². The van der Waals surface area contributed by atoms with E-state index >= 15 is 0 Å². The van der Waals surface area contributed by atoms with Gasteiger partial charge in [-0.05, 0) is 152 Å². The van der Waals surface area contributed by atoms with Crippen molar-refractivity contribution in [3.63, 3.8) is 0 Å². The first kappa shape index (κ1) is 35.8. The van der Waals surface area contributed by atoms with Crippen LogP contribution >= 0.6 is 0 Å². The van der Waals surface area contributed by atoms with Crippen LogP contribution in [0.15, 0.2) is 24.3 Å². The molecule has 0 aromatic carbocycles. The van der Waals surface area contributed by atoms with E-state index in [0.29, 0.717) is 0 Å². The smallest absolute Gasteiger partial charge is 0.0102 e. The van der Waals surface area contributed by atoms with Crippen LogP contribution in [0.4, 0.5) is 0 Å².